The van der Waals surface area contributed by atoms with Crippen molar-refractivity contribution in [1.82, 2.24) is 9.78 Å². The van der Waals surface area contributed by atoms with Gasteiger partial charge in [-0.25, -0.2) is 9.07 Å². The molecule has 0 saturated carbocycles. The van der Waals surface area contributed by atoms with Gasteiger partial charge < -0.3 is 0 Å². The quantitative estimate of drug-likeness (QED) is 0.783. The first-order valence-corrected chi connectivity index (χ1v) is 5.51. The van der Waals surface area contributed by atoms with Gasteiger partial charge in [0.15, 0.2) is 0 Å². The lowest BCUT2D eigenvalue weighted by molar-refractivity contribution is 0.610. The zero-order valence-electron chi connectivity index (χ0n) is 9.17. The normalized spacial score (nSPS) is 10.8. The van der Waals surface area contributed by atoms with E-state index >= 15 is 0 Å². The molecule has 0 aliphatic rings. The van der Waals surface area contributed by atoms with E-state index in [4.69, 9.17) is 11.6 Å². The van der Waals surface area contributed by atoms with E-state index < -0.39 is 0 Å². The molecule has 0 amide bonds. The van der Waals surface area contributed by atoms with Crippen molar-refractivity contribution < 1.29 is 4.39 Å². The Balaban J connectivity index is 2.61. The number of nitrogens with zero attached hydrogens (tertiary/aromatic N) is 2. The summed E-state index contributed by atoms with van der Waals surface area (Å²) >= 11 is 6.13. The van der Waals surface area contributed by atoms with E-state index in [1.807, 2.05) is 13.8 Å². The van der Waals surface area contributed by atoms with E-state index in [0.29, 0.717) is 10.8 Å². The maximum Gasteiger partial charge on any atom is 0.148 e. The minimum atomic E-state index is -0.324. The molecule has 1 aromatic heterocycles. The molecule has 4 heteroatoms. The van der Waals surface area contributed by atoms with Crippen molar-refractivity contribution in [2.45, 2.75) is 20.3 Å². The van der Waals surface area contributed by atoms with Crippen LogP contribution in [0.15, 0.2) is 24.3 Å². The van der Waals surface area contributed by atoms with Gasteiger partial charge in [0, 0.05) is 5.56 Å². The number of hydrogen-bond donors (Lipinski definition) is 0. The average Bonchev–Trinajstić information content (AvgIpc) is 2.57. The number of aryl methyl sites for hydroxylation is 1. The summed E-state index contributed by atoms with van der Waals surface area (Å²) in [5.41, 5.74) is 2.19. The van der Waals surface area contributed by atoms with Crippen LogP contribution in [-0.4, -0.2) is 9.78 Å². The Morgan fingerprint density at radius 3 is 2.62 bits per heavy atom. The Kier molecular flexibility index (Phi) is 2.97. The molecule has 0 aliphatic heterocycles. The third-order valence-electron chi connectivity index (χ3n) is 2.56. The van der Waals surface area contributed by atoms with Gasteiger partial charge in [-0.05, 0) is 25.5 Å². The van der Waals surface area contributed by atoms with Crippen molar-refractivity contribution in [2.24, 2.45) is 0 Å². The highest BCUT2D eigenvalue weighted by Crippen LogP contribution is 2.24. The number of para-hydroxylation sites is 1. The molecule has 84 valence electrons. The number of aromatic nitrogens is 2. The van der Waals surface area contributed by atoms with Gasteiger partial charge in [-0.1, -0.05) is 30.7 Å². The van der Waals surface area contributed by atoms with Crippen LogP contribution in [0.2, 0.25) is 5.15 Å². The number of benzene rings is 1. The zero-order chi connectivity index (χ0) is 11.7. The standard InChI is InChI=1S/C12H12ClFN2/c1-3-10-8(2)12(13)16(15-10)11-7-5-4-6-9(11)14/h4-7H,3H2,1-2H3. The molecule has 1 aromatic carbocycles. The first kappa shape index (κ1) is 11.1. The van der Waals surface area contributed by atoms with Crippen LogP contribution in [0.3, 0.4) is 0 Å². The topological polar surface area (TPSA) is 17.8 Å². The third kappa shape index (κ3) is 1.71. The van der Waals surface area contributed by atoms with Gasteiger partial charge in [0.05, 0.1) is 5.69 Å². The molecule has 16 heavy (non-hydrogen) atoms. The summed E-state index contributed by atoms with van der Waals surface area (Å²) in [5.74, 6) is -0.324. The Morgan fingerprint density at radius 1 is 1.38 bits per heavy atom. The molecule has 1 heterocycles. The lowest BCUT2D eigenvalue weighted by Crippen LogP contribution is -2.00. The minimum Gasteiger partial charge on any atom is -0.219 e. The number of hydrogen-bond acceptors (Lipinski definition) is 1. The van der Waals surface area contributed by atoms with Gasteiger partial charge in [0.1, 0.15) is 16.7 Å². The lowest BCUT2D eigenvalue weighted by Gasteiger charge is -2.03. The molecule has 2 nitrogen and oxygen atoms in total. The van der Waals surface area contributed by atoms with Crippen LogP contribution in [0.5, 0.6) is 0 Å². The molecule has 2 rings (SSSR count). The van der Waals surface area contributed by atoms with Crippen LogP contribution in [0.1, 0.15) is 18.2 Å². The van der Waals surface area contributed by atoms with Crippen molar-refractivity contribution in [3.05, 3.63) is 46.5 Å². The van der Waals surface area contributed by atoms with Gasteiger partial charge in [0.2, 0.25) is 0 Å². The summed E-state index contributed by atoms with van der Waals surface area (Å²) in [6.45, 7) is 3.89. The van der Waals surface area contributed by atoms with E-state index in [1.54, 1.807) is 18.2 Å². The van der Waals surface area contributed by atoms with Gasteiger partial charge in [-0.2, -0.15) is 5.10 Å². The van der Waals surface area contributed by atoms with E-state index in [-0.39, 0.29) is 5.82 Å². The molecule has 0 fully saturated rings. The van der Waals surface area contributed by atoms with E-state index in [2.05, 4.69) is 5.10 Å². The molecule has 0 atom stereocenters. The number of rotatable bonds is 2. The fourth-order valence-corrected chi connectivity index (χ4v) is 1.87. The summed E-state index contributed by atoms with van der Waals surface area (Å²) in [4.78, 5) is 0. The van der Waals surface area contributed by atoms with Crippen molar-refractivity contribution in [1.29, 1.82) is 0 Å². The highest BCUT2D eigenvalue weighted by Gasteiger charge is 2.14. The largest absolute Gasteiger partial charge is 0.219 e. The van der Waals surface area contributed by atoms with Crippen LogP contribution < -0.4 is 0 Å². The second-order valence-electron chi connectivity index (χ2n) is 3.58. The van der Waals surface area contributed by atoms with E-state index in [9.17, 15) is 4.39 Å². The van der Waals surface area contributed by atoms with Crippen molar-refractivity contribution >= 4 is 11.6 Å². The van der Waals surface area contributed by atoms with Crippen molar-refractivity contribution in [3.8, 4) is 5.69 Å². The summed E-state index contributed by atoms with van der Waals surface area (Å²) in [6, 6.07) is 6.46. The maximum absolute atomic E-state index is 13.6. The predicted octanol–water partition coefficient (Wildman–Crippen LogP) is 3.54. The van der Waals surface area contributed by atoms with Crippen LogP contribution in [0.4, 0.5) is 4.39 Å². The highest BCUT2D eigenvalue weighted by atomic mass is 35.5. The van der Waals surface area contributed by atoms with Crippen LogP contribution in [0.25, 0.3) is 5.69 Å². The fraction of sp³-hybridized carbons (Fsp3) is 0.250. The van der Waals surface area contributed by atoms with Crippen molar-refractivity contribution in [3.63, 3.8) is 0 Å². The van der Waals surface area contributed by atoms with E-state index in [0.717, 1.165) is 17.7 Å². The molecular formula is C12H12ClFN2. The first-order chi connectivity index (χ1) is 7.65. The predicted molar refractivity (Wildman–Crippen MR) is 62.6 cm³/mol. The van der Waals surface area contributed by atoms with Gasteiger partial charge in [0.25, 0.3) is 0 Å². The van der Waals surface area contributed by atoms with Crippen LogP contribution in [0, 0.1) is 12.7 Å². The van der Waals surface area contributed by atoms with Gasteiger partial charge >= 0.3 is 0 Å². The Labute approximate surface area is 98.7 Å². The van der Waals surface area contributed by atoms with E-state index in [1.165, 1.54) is 10.7 Å². The van der Waals surface area contributed by atoms with Gasteiger partial charge in [-0.3, -0.25) is 0 Å². The third-order valence-corrected chi connectivity index (χ3v) is 3.01. The monoisotopic (exact) mass is 238 g/mol. The molecule has 0 spiro atoms. The molecule has 0 saturated heterocycles. The lowest BCUT2D eigenvalue weighted by atomic mass is 10.2. The van der Waals surface area contributed by atoms with Crippen LogP contribution >= 0.6 is 11.6 Å². The summed E-state index contributed by atoms with van der Waals surface area (Å²) < 4.78 is 15.0. The molecule has 0 aliphatic carbocycles. The van der Waals surface area contributed by atoms with Crippen molar-refractivity contribution in [2.75, 3.05) is 0 Å². The molecule has 2 aromatic rings. The Morgan fingerprint density at radius 2 is 2.06 bits per heavy atom. The molecule has 0 N–H and O–H groups in total. The minimum absolute atomic E-state index is 0.324. The summed E-state index contributed by atoms with van der Waals surface area (Å²) in [7, 11) is 0. The molecule has 0 bridgehead atoms. The number of halogens is 2. The second kappa shape index (κ2) is 4.26. The first-order valence-electron chi connectivity index (χ1n) is 5.14. The second-order valence-corrected chi connectivity index (χ2v) is 3.94. The average molecular weight is 239 g/mol. The Hall–Kier alpha value is -1.35. The zero-order valence-corrected chi connectivity index (χ0v) is 9.92. The molecule has 0 unspecified atom stereocenters. The fourth-order valence-electron chi connectivity index (χ4n) is 1.64. The molecule has 0 radical (unpaired) electrons. The maximum atomic E-state index is 13.6. The van der Waals surface area contributed by atoms with Crippen LogP contribution in [-0.2, 0) is 6.42 Å². The highest BCUT2D eigenvalue weighted by molar-refractivity contribution is 6.30. The Bertz CT molecular complexity index is 520. The van der Waals surface area contributed by atoms with Gasteiger partial charge in [-0.15, -0.1) is 0 Å². The molecular weight excluding hydrogens is 227 g/mol. The summed E-state index contributed by atoms with van der Waals surface area (Å²) in [5, 5.41) is 4.78. The summed E-state index contributed by atoms with van der Waals surface area (Å²) in [6.07, 6.45) is 0.785. The SMILES string of the molecule is CCc1nn(-c2ccccc2F)c(Cl)c1C. The smallest absolute Gasteiger partial charge is 0.148 e.